The molecule has 0 N–H and O–H groups in total. The van der Waals surface area contributed by atoms with Crippen molar-refractivity contribution in [3.05, 3.63) is 40.5 Å². The van der Waals surface area contributed by atoms with Crippen molar-refractivity contribution in [2.24, 2.45) is 0 Å². The first-order valence-corrected chi connectivity index (χ1v) is 8.93. The van der Waals surface area contributed by atoms with Crippen LogP contribution < -0.4 is 4.90 Å². The molecule has 2 aromatic heterocycles. The summed E-state index contributed by atoms with van der Waals surface area (Å²) in [6.07, 6.45) is 6.15. The molecule has 0 saturated carbocycles. The van der Waals surface area contributed by atoms with Crippen LogP contribution in [0.2, 0.25) is 0 Å². The minimum atomic E-state index is 0.305. The molecule has 0 radical (unpaired) electrons. The largest absolute Gasteiger partial charge is 0.376 e. The number of hydrogen-bond donors (Lipinski definition) is 0. The summed E-state index contributed by atoms with van der Waals surface area (Å²) in [6, 6.07) is 4.26. The van der Waals surface area contributed by atoms with Gasteiger partial charge in [0.05, 0.1) is 19.3 Å². The van der Waals surface area contributed by atoms with Crippen molar-refractivity contribution in [3.8, 4) is 0 Å². The zero-order valence-electron chi connectivity index (χ0n) is 13.8. The standard InChI is InChI=1S/C17H24N4OS/c1-20(2)16-11-14(5-6-18-16)3-4-15-12-21(8-9-22-15)13-17-19-7-10-23-17/h5-7,10-11,15H,3-4,8-9,12-13H2,1-2H3/t15-/m1/s1. The lowest BCUT2D eigenvalue weighted by Crippen LogP contribution is -2.42. The maximum Gasteiger partial charge on any atom is 0.128 e. The minimum absolute atomic E-state index is 0.305. The van der Waals surface area contributed by atoms with Gasteiger partial charge in [-0.1, -0.05) is 0 Å². The third-order valence-electron chi connectivity index (χ3n) is 4.09. The molecule has 1 aliphatic rings. The van der Waals surface area contributed by atoms with Crippen LogP contribution in [0.15, 0.2) is 29.9 Å². The summed E-state index contributed by atoms with van der Waals surface area (Å²) in [5.41, 5.74) is 1.32. The van der Waals surface area contributed by atoms with Crippen molar-refractivity contribution in [2.45, 2.75) is 25.5 Å². The summed E-state index contributed by atoms with van der Waals surface area (Å²) in [4.78, 5) is 13.2. The summed E-state index contributed by atoms with van der Waals surface area (Å²) < 4.78 is 5.94. The van der Waals surface area contributed by atoms with Crippen molar-refractivity contribution < 1.29 is 4.74 Å². The number of anilines is 1. The van der Waals surface area contributed by atoms with Crippen LogP contribution in [0.4, 0.5) is 5.82 Å². The molecule has 2 aromatic rings. The van der Waals surface area contributed by atoms with E-state index in [-0.39, 0.29) is 0 Å². The van der Waals surface area contributed by atoms with Gasteiger partial charge in [0.1, 0.15) is 10.8 Å². The lowest BCUT2D eigenvalue weighted by atomic mass is 10.1. The zero-order chi connectivity index (χ0) is 16.1. The third-order valence-corrected chi connectivity index (χ3v) is 4.85. The van der Waals surface area contributed by atoms with Gasteiger partial charge in [0.2, 0.25) is 0 Å². The predicted octanol–water partition coefficient (Wildman–Crippen LogP) is 2.44. The molecule has 1 atom stereocenters. The first-order valence-electron chi connectivity index (χ1n) is 8.05. The highest BCUT2D eigenvalue weighted by Gasteiger charge is 2.21. The number of morpholine rings is 1. The second-order valence-corrected chi connectivity index (χ2v) is 7.09. The lowest BCUT2D eigenvalue weighted by Gasteiger charge is -2.32. The van der Waals surface area contributed by atoms with Crippen LogP contribution in [0.5, 0.6) is 0 Å². The number of aromatic nitrogens is 2. The van der Waals surface area contributed by atoms with Crippen LogP contribution in [0.3, 0.4) is 0 Å². The molecule has 0 bridgehead atoms. The molecular formula is C17H24N4OS. The van der Waals surface area contributed by atoms with E-state index in [0.29, 0.717) is 6.10 Å². The Morgan fingerprint density at radius 3 is 3.04 bits per heavy atom. The first-order chi connectivity index (χ1) is 11.2. The minimum Gasteiger partial charge on any atom is -0.376 e. The van der Waals surface area contributed by atoms with E-state index in [4.69, 9.17) is 4.74 Å². The van der Waals surface area contributed by atoms with Gasteiger partial charge >= 0.3 is 0 Å². The Kier molecular flexibility index (Phi) is 5.59. The fourth-order valence-electron chi connectivity index (χ4n) is 2.81. The van der Waals surface area contributed by atoms with Gasteiger partial charge in [0, 0.05) is 45.0 Å². The van der Waals surface area contributed by atoms with Crippen molar-refractivity contribution in [1.82, 2.24) is 14.9 Å². The molecule has 3 rings (SSSR count). The van der Waals surface area contributed by atoms with Crippen LogP contribution in [0, 0.1) is 0 Å². The molecule has 0 amide bonds. The van der Waals surface area contributed by atoms with Crippen LogP contribution >= 0.6 is 11.3 Å². The molecule has 0 unspecified atom stereocenters. The maximum absolute atomic E-state index is 5.94. The van der Waals surface area contributed by atoms with E-state index in [1.54, 1.807) is 11.3 Å². The highest BCUT2D eigenvalue weighted by molar-refractivity contribution is 7.09. The Labute approximate surface area is 141 Å². The molecule has 0 aliphatic carbocycles. The van der Waals surface area contributed by atoms with Gasteiger partial charge in [0.15, 0.2) is 0 Å². The van der Waals surface area contributed by atoms with Gasteiger partial charge in [-0.2, -0.15) is 0 Å². The number of ether oxygens (including phenoxy) is 1. The van der Waals surface area contributed by atoms with Crippen molar-refractivity contribution in [3.63, 3.8) is 0 Å². The summed E-state index contributed by atoms with van der Waals surface area (Å²) in [6.45, 7) is 3.74. The Morgan fingerprint density at radius 1 is 1.35 bits per heavy atom. The Morgan fingerprint density at radius 2 is 2.26 bits per heavy atom. The number of thiazole rings is 1. The molecule has 3 heterocycles. The Balaban J connectivity index is 1.50. The van der Waals surface area contributed by atoms with Crippen molar-refractivity contribution in [1.29, 1.82) is 0 Å². The average Bonchev–Trinajstić information content (AvgIpc) is 3.06. The van der Waals surface area contributed by atoms with Crippen LogP contribution in [-0.2, 0) is 17.7 Å². The van der Waals surface area contributed by atoms with Gasteiger partial charge in [-0.05, 0) is 30.5 Å². The number of aryl methyl sites for hydroxylation is 1. The van der Waals surface area contributed by atoms with Crippen LogP contribution in [-0.4, -0.2) is 54.8 Å². The Hall–Kier alpha value is -1.50. The van der Waals surface area contributed by atoms with Gasteiger partial charge < -0.3 is 9.64 Å². The number of hydrogen-bond acceptors (Lipinski definition) is 6. The normalized spacial score (nSPS) is 19.0. The second-order valence-electron chi connectivity index (χ2n) is 6.11. The molecule has 23 heavy (non-hydrogen) atoms. The lowest BCUT2D eigenvalue weighted by molar-refractivity contribution is -0.0345. The topological polar surface area (TPSA) is 41.5 Å². The average molecular weight is 332 g/mol. The Bertz CT molecular complexity index is 602. The van der Waals surface area contributed by atoms with Crippen molar-refractivity contribution >= 4 is 17.2 Å². The SMILES string of the molecule is CN(C)c1cc(CC[C@@H]2CN(Cc3nccs3)CCO2)ccn1. The fourth-order valence-corrected chi connectivity index (χ4v) is 3.47. The number of pyridine rings is 1. The fraction of sp³-hybridized carbons (Fsp3) is 0.529. The molecule has 1 aliphatic heterocycles. The van der Waals surface area contributed by atoms with E-state index in [1.165, 1.54) is 10.6 Å². The third kappa shape index (κ3) is 4.73. The number of rotatable bonds is 6. The van der Waals surface area contributed by atoms with E-state index in [1.807, 2.05) is 36.8 Å². The van der Waals surface area contributed by atoms with Gasteiger partial charge in [-0.25, -0.2) is 9.97 Å². The molecular weight excluding hydrogens is 308 g/mol. The highest BCUT2D eigenvalue weighted by atomic mass is 32.1. The van der Waals surface area contributed by atoms with E-state index in [0.717, 1.165) is 44.9 Å². The first kappa shape index (κ1) is 16.4. The molecule has 6 heteroatoms. The molecule has 5 nitrogen and oxygen atoms in total. The van der Waals surface area contributed by atoms with Crippen LogP contribution in [0.1, 0.15) is 17.0 Å². The molecule has 0 spiro atoms. The van der Waals surface area contributed by atoms with E-state index >= 15 is 0 Å². The molecule has 0 aromatic carbocycles. The van der Waals surface area contributed by atoms with Crippen molar-refractivity contribution in [2.75, 3.05) is 38.7 Å². The smallest absolute Gasteiger partial charge is 0.128 e. The highest BCUT2D eigenvalue weighted by Crippen LogP contribution is 2.17. The second kappa shape index (κ2) is 7.86. The maximum atomic E-state index is 5.94. The van der Waals surface area contributed by atoms with E-state index in [2.05, 4.69) is 27.0 Å². The molecule has 124 valence electrons. The summed E-state index contributed by atoms with van der Waals surface area (Å²) >= 11 is 1.73. The summed E-state index contributed by atoms with van der Waals surface area (Å²) in [7, 11) is 4.04. The molecule has 1 saturated heterocycles. The summed E-state index contributed by atoms with van der Waals surface area (Å²) in [5.74, 6) is 1.01. The van der Waals surface area contributed by atoms with Gasteiger partial charge in [0.25, 0.3) is 0 Å². The monoisotopic (exact) mass is 332 g/mol. The van der Waals surface area contributed by atoms with Gasteiger partial charge in [-0.15, -0.1) is 11.3 Å². The predicted molar refractivity (Wildman–Crippen MR) is 94.0 cm³/mol. The zero-order valence-corrected chi connectivity index (χ0v) is 14.6. The van der Waals surface area contributed by atoms with Gasteiger partial charge in [-0.3, -0.25) is 4.90 Å². The quantitative estimate of drug-likeness (QED) is 0.813. The van der Waals surface area contributed by atoms with E-state index in [9.17, 15) is 0 Å². The number of nitrogens with zero attached hydrogens (tertiary/aromatic N) is 4. The van der Waals surface area contributed by atoms with E-state index < -0.39 is 0 Å². The molecule has 1 fully saturated rings. The van der Waals surface area contributed by atoms with Crippen LogP contribution in [0.25, 0.3) is 0 Å². The summed E-state index contributed by atoms with van der Waals surface area (Å²) in [5, 5.41) is 3.23.